The Balaban J connectivity index is 1.61. The monoisotopic (exact) mass is 317 g/mol. The summed E-state index contributed by atoms with van der Waals surface area (Å²) in [6, 6.07) is 19.8. The third kappa shape index (κ3) is 3.70. The molecular weight excluding hydrogens is 290 g/mol. The van der Waals surface area contributed by atoms with Crippen LogP contribution in [0.3, 0.4) is 0 Å². The Hall–Kier alpha value is -2.07. The molecule has 0 N–H and O–H groups in total. The molecule has 1 atom stereocenters. The largest absolute Gasteiger partial charge is 0.192 e. The maximum Gasteiger partial charge on any atom is 0.0991 e. The minimum atomic E-state index is 0.658. The second kappa shape index (κ2) is 7.67. The molecule has 2 aromatic rings. The Morgan fingerprint density at radius 3 is 1.75 bits per heavy atom. The van der Waals surface area contributed by atoms with Crippen molar-refractivity contribution >= 4 is 0 Å². The second-order valence-electron chi connectivity index (χ2n) is 7.26. The molecule has 0 radical (unpaired) electrons. The standard InChI is InChI=1S/C23H27N/c1-3-17(2)19-8-10-21(11-9-19)23-14-12-22(13-15-23)20-6-4-18(16-24)5-7-20/h4-11,17,22-23H,3,12-15H2,1-2H3. The summed E-state index contributed by atoms with van der Waals surface area (Å²) in [5, 5.41) is 8.92. The molecule has 1 saturated carbocycles. The first kappa shape index (κ1) is 16.8. The molecule has 1 fully saturated rings. The Kier molecular flexibility index (Phi) is 5.36. The first-order valence-electron chi connectivity index (χ1n) is 9.31. The van der Waals surface area contributed by atoms with E-state index in [1.165, 1.54) is 48.8 Å². The van der Waals surface area contributed by atoms with E-state index in [4.69, 9.17) is 5.26 Å². The zero-order valence-corrected chi connectivity index (χ0v) is 14.8. The van der Waals surface area contributed by atoms with Crippen molar-refractivity contribution in [2.75, 3.05) is 0 Å². The molecule has 3 rings (SSSR count). The van der Waals surface area contributed by atoms with Crippen molar-refractivity contribution in [2.24, 2.45) is 0 Å². The third-order valence-electron chi connectivity index (χ3n) is 5.83. The summed E-state index contributed by atoms with van der Waals surface area (Å²) < 4.78 is 0. The summed E-state index contributed by atoms with van der Waals surface area (Å²) in [5.41, 5.74) is 5.14. The lowest BCUT2D eigenvalue weighted by atomic mass is 9.76. The fraction of sp³-hybridized carbons (Fsp3) is 0.435. The molecule has 0 bridgehead atoms. The highest BCUT2D eigenvalue weighted by Crippen LogP contribution is 2.40. The molecule has 0 aromatic heterocycles. The Morgan fingerprint density at radius 2 is 1.33 bits per heavy atom. The van der Waals surface area contributed by atoms with Gasteiger partial charge in [0.05, 0.1) is 11.6 Å². The molecule has 0 aliphatic heterocycles. The van der Waals surface area contributed by atoms with Gasteiger partial charge in [-0.2, -0.15) is 5.26 Å². The van der Waals surface area contributed by atoms with E-state index in [-0.39, 0.29) is 0 Å². The van der Waals surface area contributed by atoms with Crippen molar-refractivity contribution in [2.45, 2.75) is 63.7 Å². The average Bonchev–Trinajstić information content (AvgIpc) is 2.68. The van der Waals surface area contributed by atoms with Gasteiger partial charge in [-0.25, -0.2) is 0 Å². The van der Waals surface area contributed by atoms with Crippen LogP contribution in [0.2, 0.25) is 0 Å². The highest BCUT2D eigenvalue weighted by atomic mass is 14.3. The van der Waals surface area contributed by atoms with E-state index in [2.05, 4.69) is 56.3 Å². The van der Waals surface area contributed by atoms with Crippen LogP contribution in [0.25, 0.3) is 0 Å². The normalized spacial score (nSPS) is 21.9. The number of hydrogen-bond donors (Lipinski definition) is 0. The number of benzene rings is 2. The summed E-state index contributed by atoms with van der Waals surface area (Å²) in [6.45, 7) is 4.56. The van der Waals surface area contributed by atoms with Crippen LogP contribution in [-0.4, -0.2) is 0 Å². The van der Waals surface area contributed by atoms with Crippen LogP contribution in [-0.2, 0) is 0 Å². The number of nitriles is 1. The van der Waals surface area contributed by atoms with Gasteiger partial charge in [0.25, 0.3) is 0 Å². The lowest BCUT2D eigenvalue weighted by Crippen LogP contribution is -2.12. The van der Waals surface area contributed by atoms with E-state index in [1.54, 1.807) is 0 Å². The molecule has 1 nitrogen and oxygen atoms in total. The van der Waals surface area contributed by atoms with Crippen LogP contribution in [0.1, 0.15) is 86.0 Å². The van der Waals surface area contributed by atoms with Crippen LogP contribution < -0.4 is 0 Å². The first-order chi connectivity index (χ1) is 11.7. The summed E-state index contributed by atoms with van der Waals surface area (Å²) in [6.07, 6.45) is 6.25. The zero-order valence-electron chi connectivity index (χ0n) is 14.8. The summed E-state index contributed by atoms with van der Waals surface area (Å²) in [5.74, 6) is 2.03. The Bertz CT molecular complexity index is 682. The SMILES string of the molecule is CCC(C)c1ccc(C2CCC(c3ccc(C#N)cc3)CC2)cc1. The van der Waals surface area contributed by atoms with Gasteiger partial charge in [-0.3, -0.25) is 0 Å². The lowest BCUT2D eigenvalue weighted by molar-refractivity contribution is 0.396. The van der Waals surface area contributed by atoms with Gasteiger partial charge in [-0.1, -0.05) is 50.2 Å². The summed E-state index contributed by atoms with van der Waals surface area (Å²) in [7, 11) is 0. The molecule has 0 saturated heterocycles. The molecule has 124 valence electrons. The molecule has 0 spiro atoms. The van der Waals surface area contributed by atoms with Crippen molar-refractivity contribution in [3.05, 3.63) is 70.8 Å². The summed E-state index contributed by atoms with van der Waals surface area (Å²) >= 11 is 0. The molecule has 1 aliphatic carbocycles. The van der Waals surface area contributed by atoms with Gasteiger partial charge in [0, 0.05) is 0 Å². The number of nitrogens with zero attached hydrogens (tertiary/aromatic N) is 1. The topological polar surface area (TPSA) is 23.8 Å². The predicted octanol–water partition coefficient (Wildman–Crippen LogP) is 6.51. The van der Waals surface area contributed by atoms with Crippen molar-refractivity contribution in [3.8, 4) is 6.07 Å². The van der Waals surface area contributed by atoms with Gasteiger partial charge >= 0.3 is 0 Å². The third-order valence-corrected chi connectivity index (χ3v) is 5.83. The van der Waals surface area contributed by atoms with Crippen molar-refractivity contribution in [1.82, 2.24) is 0 Å². The van der Waals surface area contributed by atoms with E-state index < -0.39 is 0 Å². The molecule has 1 unspecified atom stereocenters. The molecule has 24 heavy (non-hydrogen) atoms. The predicted molar refractivity (Wildman–Crippen MR) is 100 cm³/mol. The minimum absolute atomic E-state index is 0.658. The fourth-order valence-electron chi connectivity index (χ4n) is 3.92. The van der Waals surface area contributed by atoms with E-state index in [9.17, 15) is 0 Å². The lowest BCUT2D eigenvalue weighted by Gasteiger charge is -2.29. The van der Waals surface area contributed by atoms with Gasteiger partial charge in [0.15, 0.2) is 0 Å². The first-order valence-corrected chi connectivity index (χ1v) is 9.31. The number of hydrogen-bond acceptors (Lipinski definition) is 1. The maximum atomic E-state index is 8.92. The Labute approximate surface area is 146 Å². The van der Waals surface area contributed by atoms with E-state index in [0.717, 1.165) is 5.56 Å². The van der Waals surface area contributed by atoms with Gasteiger partial charge in [-0.15, -0.1) is 0 Å². The van der Waals surface area contributed by atoms with Gasteiger partial charge < -0.3 is 0 Å². The van der Waals surface area contributed by atoms with Crippen molar-refractivity contribution in [3.63, 3.8) is 0 Å². The fourth-order valence-corrected chi connectivity index (χ4v) is 3.92. The molecule has 1 heteroatoms. The van der Waals surface area contributed by atoms with Gasteiger partial charge in [-0.05, 0) is 78.7 Å². The number of rotatable bonds is 4. The van der Waals surface area contributed by atoms with E-state index >= 15 is 0 Å². The smallest absolute Gasteiger partial charge is 0.0991 e. The van der Waals surface area contributed by atoms with Crippen LogP contribution in [0.4, 0.5) is 0 Å². The molecule has 1 aliphatic rings. The van der Waals surface area contributed by atoms with Gasteiger partial charge in [0.1, 0.15) is 0 Å². The zero-order chi connectivity index (χ0) is 16.9. The van der Waals surface area contributed by atoms with Crippen LogP contribution >= 0.6 is 0 Å². The summed E-state index contributed by atoms with van der Waals surface area (Å²) in [4.78, 5) is 0. The van der Waals surface area contributed by atoms with Crippen molar-refractivity contribution < 1.29 is 0 Å². The van der Waals surface area contributed by atoms with Crippen molar-refractivity contribution in [1.29, 1.82) is 5.26 Å². The minimum Gasteiger partial charge on any atom is -0.192 e. The molecular formula is C23H27N. The maximum absolute atomic E-state index is 8.92. The molecule has 0 amide bonds. The molecule has 0 heterocycles. The highest BCUT2D eigenvalue weighted by Gasteiger charge is 2.23. The quantitative estimate of drug-likeness (QED) is 0.630. The van der Waals surface area contributed by atoms with E-state index in [1.807, 2.05) is 12.1 Å². The highest BCUT2D eigenvalue weighted by molar-refractivity contribution is 5.34. The average molecular weight is 317 g/mol. The molecule has 2 aromatic carbocycles. The van der Waals surface area contributed by atoms with Crippen LogP contribution in [0.15, 0.2) is 48.5 Å². The second-order valence-corrected chi connectivity index (χ2v) is 7.26. The van der Waals surface area contributed by atoms with Crippen LogP contribution in [0.5, 0.6) is 0 Å². The van der Waals surface area contributed by atoms with Gasteiger partial charge in [0.2, 0.25) is 0 Å². The van der Waals surface area contributed by atoms with Crippen LogP contribution in [0, 0.1) is 11.3 Å². The Morgan fingerprint density at radius 1 is 0.875 bits per heavy atom. The van der Waals surface area contributed by atoms with E-state index in [0.29, 0.717) is 17.8 Å².